The van der Waals surface area contributed by atoms with E-state index >= 15 is 0 Å². The number of phenolic OH excluding ortho intramolecular Hbond substituents is 1. The lowest BCUT2D eigenvalue weighted by Gasteiger charge is -2.29. The van der Waals surface area contributed by atoms with Gasteiger partial charge in [0, 0.05) is 31.3 Å². The summed E-state index contributed by atoms with van der Waals surface area (Å²) in [6.07, 6.45) is -0.0885. The Morgan fingerprint density at radius 1 is 1.30 bits per heavy atom. The average molecular weight is 373 g/mol. The number of aromatic hydroxyl groups is 1. The van der Waals surface area contributed by atoms with Gasteiger partial charge in [0.2, 0.25) is 0 Å². The number of fused-ring (bicyclic) bond motifs is 1. The van der Waals surface area contributed by atoms with Crippen molar-refractivity contribution in [2.45, 2.75) is 32.9 Å². The second kappa shape index (κ2) is 7.69. The second-order valence-corrected chi connectivity index (χ2v) is 6.38. The van der Waals surface area contributed by atoms with Gasteiger partial charge in [0.15, 0.2) is 11.8 Å². The van der Waals surface area contributed by atoms with Crippen molar-refractivity contribution in [1.82, 2.24) is 14.7 Å². The van der Waals surface area contributed by atoms with Gasteiger partial charge in [-0.25, -0.2) is 4.79 Å². The molecule has 1 atom stereocenters. The van der Waals surface area contributed by atoms with Gasteiger partial charge in [0.05, 0.1) is 13.2 Å². The fourth-order valence-electron chi connectivity index (χ4n) is 3.18. The second-order valence-electron chi connectivity index (χ2n) is 6.38. The molecule has 0 fully saturated rings. The van der Waals surface area contributed by atoms with Crippen LogP contribution in [0.2, 0.25) is 0 Å². The number of aromatic nitrogens is 2. The van der Waals surface area contributed by atoms with Gasteiger partial charge in [0.25, 0.3) is 5.91 Å². The molecule has 0 radical (unpaired) electrons. The Balaban J connectivity index is 1.73. The standard InChI is InChI=1S/C19H23N3O5/c1-4-26-19(25)17-15-11-22(10-9-16(15)21(3)20-17)18(24)12(2)27-14-7-5-13(23)6-8-14/h5-8,12,23H,4,9-11H2,1-3H3. The first-order valence-corrected chi connectivity index (χ1v) is 8.87. The SMILES string of the molecule is CCOC(=O)c1nn(C)c2c1CN(C(=O)C(C)Oc1ccc(O)cc1)CC2. The zero-order chi connectivity index (χ0) is 19.6. The van der Waals surface area contributed by atoms with Crippen LogP contribution in [0.5, 0.6) is 11.5 Å². The highest BCUT2D eigenvalue weighted by Crippen LogP contribution is 2.24. The summed E-state index contributed by atoms with van der Waals surface area (Å²) in [5.41, 5.74) is 1.93. The molecule has 1 unspecified atom stereocenters. The summed E-state index contributed by atoms with van der Waals surface area (Å²) in [7, 11) is 1.79. The Morgan fingerprint density at radius 3 is 2.67 bits per heavy atom. The molecule has 1 aliphatic rings. The number of phenols is 1. The number of nitrogens with zero attached hydrogens (tertiary/aromatic N) is 3. The molecule has 0 saturated heterocycles. The molecule has 0 saturated carbocycles. The van der Waals surface area contributed by atoms with E-state index in [1.54, 1.807) is 42.6 Å². The van der Waals surface area contributed by atoms with E-state index < -0.39 is 12.1 Å². The van der Waals surface area contributed by atoms with Gasteiger partial charge in [-0.3, -0.25) is 9.48 Å². The highest BCUT2D eigenvalue weighted by atomic mass is 16.5. The van der Waals surface area contributed by atoms with E-state index in [-0.39, 0.29) is 24.0 Å². The fraction of sp³-hybridized carbons (Fsp3) is 0.421. The number of aryl methyl sites for hydroxylation is 1. The van der Waals surface area contributed by atoms with Gasteiger partial charge >= 0.3 is 5.97 Å². The molecule has 0 aliphatic carbocycles. The van der Waals surface area contributed by atoms with E-state index in [2.05, 4.69) is 5.10 Å². The molecule has 2 heterocycles. The Morgan fingerprint density at radius 2 is 2.00 bits per heavy atom. The largest absolute Gasteiger partial charge is 0.508 e. The lowest BCUT2D eigenvalue weighted by atomic mass is 10.0. The topological polar surface area (TPSA) is 93.9 Å². The minimum Gasteiger partial charge on any atom is -0.508 e. The summed E-state index contributed by atoms with van der Waals surface area (Å²) in [4.78, 5) is 26.6. The van der Waals surface area contributed by atoms with Gasteiger partial charge in [-0.1, -0.05) is 0 Å². The third-order valence-electron chi connectivity index (χ3n) is 4.52. The van der Waals surface area contributed by atoms with E-state index in [1.165, 1.54) is 12.1 Å². The predicted molar refractivity (Wildman–Crippen MR) is 96.5 cm³/mol. The first kappa shape index (κ1) is 18.8. The molecule has 2 aromatic rings. The minimum absolute atomic E-state index is 0.132. The Hall–Kier alpha value is -3.03. The molecule has 1 N–H and O–H groups in total. The molecule has 27 heavy (non-hydrogen) atoms. The summed E-state index contributed by atoms with van der Waals surface area (Å²) < 4.78 is 12.4. The van der Waals surface area contributed by atoms with Crippen molar-refractivity contribution < 1.29 is 24.2 Å². The summed E-state index contributed by atoms with van der Waals surface area (Å²) in [6, 6.07) is 6.21. The van der Waals surface area contributed by atoms with Crippen molar-refractivity contribution in [3.8, 4) is 11.5 Å². The van der Waals surface area contributed by atoms with E-state index in [1.807, 2.05) is 0 Å². The van der Waals surface area contributed by atoms with Crippen LogP contribution < -0.4 is 4.74 Å². The molecule has 3 rings (SSSR count). The summed E-state index contributed by atoms with van der Waals surface area (Å²) >= 11 is 0. The van der Waals surface area contributed by atoms with Gasteiger partial charge in [-0.05, 0) is 38.1 Å². The Labute approximate surface area is 157 Å². The van der Waals surface area contributed by atoms with Gasteiger partial charge in [-0.15, -0.1) is 0 Å². The van der Waals surface area contributed by atoms with E-state index in [4.69, 9.17) is 9.47 Å². The number of hydrogen-bond donors (Lipinski definition) is 1. The molecule has 1 amide bonds. The van der Waals surface area contributed by atoms with Crippen molar-refractivity contribution in [2.75, 3.05) is 13.2 Å². The van der Waals surface area contributed by atoms with Gasteiger partial charge < -0.3 is 19.5 Å². The lowest BCUT2D eigenvalue weighted by Crippen LogP contribution is -2.43. The molecular weight excluding hydrogens is 350 g/mol. The molecule has 8 heteroatoms. The van der Waals surface area contributed by atoms with Crippen molar-refractivity contribution in [1.29, 1.82) is 0 Å². The van der Waals surface area contributed by atoms with Crippen molar-refractivity contribution in [2.24, 2.45) is 7.05 Å². The van der Waals surface area contributed by atoms with Crippen LogP contribution in [0, 0.1) is 0 Å². The van der Waals surface area contributed by atoms with Crippen molar-refractivity contribution >= 4 is 11.9 Å². The summed E-state index contributed by atoms with van der Waals surface area (Å²) in [5.74, 6) is -0.0164. The van der Waals surface area contributed by atoms with Crippen molar-refractivity contribution in [3.63, 3.8) is 0 Å². The minimum atomic E-state index is -0.696. The smallest absolute Gasteiger partial charge is 0.359 e. The molecule has 8 nitrogen and oxygen atoms in total. The quantitative estimate of drug-likeness (QED) is 0.801. The third-order valence-corrected chi connectivity index (χ3v) is 4.52. The average Bonchev–Trinajstić information content (AvgIpc) is 2.99. The Kier molecular flexibility index (Phi) is 5.34. The number of ether oxygens (including phenoxy) is 2. The molecule has 0 bridgehead atoms. The number of rotatable bonds is 5. The van der Waals surface area contributed by atoms with Crippen LogP contribution in [-0.2, 0) is 29.5 Å². The summed E-state index contributed by atoms with van der Waals surface area (Å²) in [6.45, 7) is 4.51. The van der Waals surface area contributed by atoms with Crippen LogP contribution in [0.3, 0.4) is 0 Å². The fourth-order valence-corrected chi connectivity index (χ4v) is 3.18. The predicted octanol–water partition coefficient (Wildman–Crippen LogP) is 1.65. The number of amides is 1. The lowest BCUT2D eigenvalue weighted by molar-refractivity contribution is -0.138. The van der Waals surface area contributed by atoms with Crippen LogP contribution in [0.15, 0.2) is 24.3 Å². The number of esters is 1. The first-order valence-electron chi connectivity index (χ1n) is 8.87. The maximum Gasteiger partial charge on any atom is 0.359 e. The molecule has 1 aromatic carbocycles. The maximum atomic E-state index is 12.8. The molecule has 0 spiro atoms. The molecule has 144 valence electrons. The molecule has 1 aliphatic heterocycles. The zero-order valence-electron chi connectivity index (χ0n) is 15.6. The van der Waals surface area contributed by atoms with Crippen LogP contribution in [-0.4, -0.2) is 50.9 Å². The highest BCUT2D eigenvalue weighted by molar-refractivity contribution is 5.90. The van der Waals surface area contributed by atoms with Crippen LogP contribution in [0.4, 0.5) is 0 Å². The number of carbonyl (C=O) groups is 2. The van der Waals surface area contributed by atoms with E-state index in [0.29, 0.717) is 25.3 Å². The molecule has 1 aromatic heterocycles. The first-order chi connectivity index (χ1) is 12.9. The molecular formula is C19H23N3O5. The van der Waals surface area contributed by atoms with Crippen LogP contribution in [0.25, 0.3) is 0 Å². The van der Waals surface area contributed by atoms with Crippen LogP contribution in [0.1, 0.15) is 35.6 Å². The van der Waals surface area contributed by atoms with Crippen LogP contribution >= 0.6 is 0 Å². The highest BCUT2D eigenvalue weighted by Gasteiger charge is 2.32. The number of carbonyl (C=O) groups excluding carboxylic acids is 2. The van der Waals surface area contributed by atoms with Gasteiger partial charge in [-0.2, -0.15) is 5.10 Å². The Bertz CT molecular complexity index is 844. The normalized spacial score (nSPS) is 14.4. The zero-order valence-corrected chi connectivity index (χ0v) is 15.6. The van der Waals surface area contributed by atoms with Crippen molar-refractivity contribution in [3.05, 3.63) is 41.2 Å². The summed E-state index contributed by atoms with van der Waals surface area (Å²) in [5, 5.41) is 13.6. The maximum absolute atomic E-state index is 12.8. The van der Waals surface area contributed by atoms with E-state index in [0.717, 1.165) is 11.3 Å². The van der Waals surface area contributed by atoms with Gasteiger partial charge in [0.1, 0.15) is 11.5 Å². The third kappa shape index (κ3) is 3.89. The monoisotopic (exact) mass is 373 g/mol. The number of benzene rings is 1. The van der Waals surface area contributed by atoms with E-state index in [9.17, 15) is 14.7 Å². The number of hydrogen-bond acceptors (Lipinski definition) is 6.